The first-order valence-corrected chi connectivity index (χ1v) is 10.4. The van der Waals surface area contributed by atoms with E-state index in [2.05, 4.69) is 15.9 Å². The van der Waals surface area contributed by atoms with E-state index in [9.17, 15) is 22.9 Å². The van der Waals surface area contributed by atoms with Crippen LogP contribution in [0.5, 0.6) is 5.75 Å². The summed E-state index contributed by atoms with van der Waals surface area (Å²) in [5.41, 5.74) is 0.160. The predicted octanol–water partition coefficient (Wildman–Crippen LogP) is 3.86. The van der Waals surface area contributed by atoms with Gasteiger partial charge in [0.25, 0.3) is 0 Å². The molecule has 1 aliphatic heterocycles. The number of nitrogens with zero attached hydrogens (tertiary/aromatic N) is 2. The molecule has 3 rings (SSSR count). The maximum Gasteiger partial charge on any atom is 0.312 e. The van der Waals surface area contributed by atoms with Gasteiger partial charge in [0, 0.05) is 29.2 Å². The summed E-state index contributed by atoms with van der Waals surface area (Å²) >= 11 is 3.20. The smallest absolute Gasteiger partial charge is 0.312 e. The fourth-order valence-corrected chi connectivity index (χ4v) is 4.80. The Bertz CT molecular complexity index is 977. The Morgan fingerprint density at radius 3 is 2.52 bits per heavy atom. The molecule has 1 heterocycles. The van der Waals surface area contributed by atoms with E-state index in [0.717, 1.165) is 18.9 Å². The van der Waals surface area contributed by atoms with Crippen LogP contribution in [0.3, 0.4) is 0 Å². The number of hydrogen-bond donors (Lipinski definition) is 0. The van der Waals surface area contributed by atoms with Crippen LogP contribution in [0.15, 0.2) is 45.8 Å². The summed E-state index contributed by atoms with van der Waals surface area (Å²) in [7, 11) is -3.77. The molecule has 0 N–H and O–H groups in total. The van der Waals surface area contributed by atoms with Crippen molar-refractivity contribution in [1.82, 2.24) is 4.31 Å². The number of halogens is 2. The van der Waals surface area contributed by atoms with Crippen LogP contribution in [0.4, 0.5) is 10.1 Å². The van der Waals surface area contributed by atoms with E-state index in [1.54, 1.807) is 0 Å². The molecule has 0 bridgehead atoms. The zero-order valence-electron chi connectivity index (χ0n) is 14.1. The van der Waals surface area contributed by atoms with Gasteiger partial charge in [0.15, 0.2) is 5.75 Å². The number of rotatable bonds is 6. The predicted molar refractivity (Wildman–Crippen MR) is 99.5 cm³/mol. The number of nitro benzene ring substituents is 1. The van der Waals surface area contributed by atoms with Gasteiger partial charge < -0.3 is 4.74 Å². The summed E-state index contributed by atoms with van der Waals surface area (Å²) in [5.74, 6) is -0.482. The maximum atomic E-state index is 13.1. The van der Waals surface area contributed by atoms with Crippen molar-refractivity contribution in [2.75, 3.05) is 13.1 Å². The second-order valence-electron chi connectivity index (χ2n) is 6.02. The van der Waals surface area contributed by atoms with Crippen LogP contribution in [-0.2, 0) is 16.6 Å². The van der Waals surface area contributed by atoms with Crippen molar-refractivity contribution < 1.29 is 22.5 Å². The molecule has 1 fully saturated rings. The minimum Gasteiger partial charge on any atom is -0.482 e. The van der Waals surface area contributed by atoms with Crippen LogP contribution in [-0.4, -0.2) is 30.7 Å². The minimum absolute atomic E-state index is 0.0417. The average Bonchev–Trinajstić information content (AvgIpc) is 3.16. The third-order valence-corrected chi connectivity index (χ3v) is 6.86. The largest absolute Gasteiger partial charge is 0.482 e. The maximum absolute atomic E-state index is 13.1. The Balaban J connectivity index is 1.87. The first-order valence-electron chi connectivity index (χ1n) is 8.14. The summed E-state index contributed by atoms with van der Waals surface area (Å²) < 4.78 is 45.6. The fraction of sp³-hybridized carbons (Fsp3) is 0.294. The highest BCUT2D eigenvalue weighted by Gasteiger charge is 2.29. The van der Waals surface area contributed by atoms with Gasteiger partial charge in [-0.05, 0) is 37.1 Å². The van der Waals surface area contributed by atoms with Crippen LogP contribution in [0.25, 0.3) is 0 Å². The Kier molecular flexibility index (Phi) is 5.78. The van der Waals surface area contributed by atoms with Crippen LogP contribution in [0.2, 0.25) is 0 Å². The zero-order valence-corrected chi connectivity index (χ0v) is 16.5. The topological polar surface area (TPSA) is 89.8 Å². The quantitative estimate of drug-likeness (QED) is 0.484. The van der Waals surface area contributed by atoms with Gasteiger partial charge in [0.2, 0.25) is 10.0 Å². The molecule has 27 heavy (non-hydrogen) atoms. The van der Waals surface area contributed by atoms with Gasteiger partial charge >= 0.3 is 5.69 Å². The molecule has 0 atom stereocenters. The second-order valence-corrected chi connectivity index (χ2v) is 8.81. The van der Waals surface area contributed by atoms with Gasteiger partial charge in [0.05, 0.1) is 9.82 Å². The molecule has 0 spiro atoms. The highest BCUT2D eigenvalue weighted by molar-refractivity contribution is 9.10. The van der Waals surface area contributed by atoms with Gasteiger partial charge in [0.1, 0.15) is 12.4 Å². The van der Waals surface area contributed by atoms with E-state index in [1.165, 1.54) is 34.6 Å². The van der Waals surface area contributed by atoms with Gasteiger partial charge in [-0.25, -0.2) is 12.8 Å². The van der Waals surface area contributed by atoms with Crippen LogP contribution in [0.1, 0.15) is 18.4 Å². The van der Waals surface area contributed by atoms with Crippen LogP contribution < -0.4 is 4.74 Å². The summed E-state index contributed by atoms with van der Waals surface area (Å²) in [6.07, 6.45) is 1.55. The highest BCUT2D eigenvalue weighted by Crippen LogP contribution is 2.32. The Labute approximate surface area is 164 Å². The third kappa shape index (κ3) is 4.28. The lowest BCUT2D eigenvalue weighted by Crippen LogP contribution is -2.27. The lowest BCUT2D eigenvalue weighted by Gasteiger charge is -2.16. The molecule has 10 heteroatoms. The zero-order chi connectivity index (χ0) is 19.6. The lowest BCUT2D eigenvalue weighted by molar-refractivity contribution is -0.386. The van der Waals surface area contributed by atoms with Crippen LogP contribution >= 0.6 is 15.9 Å². The summed E-state index contributed by atoms with van der Waals surface area (Å²) in [6, 6.07) is 7.61. The van der Waals surface area contributed by atoms with Crippen molar-refractivity contribution in [2.45, 2.75) is 24.3 Å². The number of ether oxygens (including phenoxy) is 1. The van der Waals surface area contributed by atoms with Crippen molar-refractivity contribution in [3.63, 3.8) is 0 Å². The molecule has 0 aromatic heterocycles. The fourth-order valence-electron chi connectivity index (χ4n) is 2.79. The van der Waals surface area contributed by atoms with E-state index in [-0.39, 0.29) is 17.3 Å². The van der Waals surface area contributed by atoms with Gasteiger partial charge in [-0.3, -0.25) is 10.1 Å². The van der Waals surface area contributed by atoms with Gasteiger partial charge in [-0.1, -0.05) is 22.0 Å². The van der Waals surface area contributed by atoms with Crippen molar-refractivity contribution in [3.8, 4) is 5.75 Å². The number of sulfonamides is 1. The molecule has 2 aromatic rings. The molecule has 0 aliphatic carbocycles. The third-order valence-electron chi connectivity index (χ3n) is 4.23. The summed E-state index contributed by atoms with van der Waals surface area (Å²) in [6.45, 7) is 0.778. The Morgan fingerprint density at radius 1 is 1.19 bits per heavy atom. The van der Waals surface area contributed by atoms with Crippen molar-refractivity contribution in [2.24, 2.45) is 0 Å². The Morgan fingerprint density at radius 2 is 1.89 bits per heavy atom. The molecule has 0 amide bonds. The number of nitro groups is 1. The number of hydrogen-bond acceptors (Lipinski definition) is 5. The number of benzene rings is 2. The standard InChI is InChI=1S/C17H16BrFN2O5S/c18-15-9-13(19)4-3-12(15)11-26-17-6-5-14(10-16(17)21(22)23)27(24,25)20-7-1-2-8-20/h3-6,9-10H,1-2,7-8,11H2. The van der Waals surface area contributed by atoms with Gasteiger partial charge in [-0.15, -0.1) is 0 Å². The van der Waals surface area contributed by atoms with E-state index in [1.807, 2.05) is 0 Å². The van der Waals surface area contributed by atoms with Gasteiger partial charge in [-0.2, -0.15) is 4.31 Å². The minimum atomic E-state index is -3.77. The van der Waals surface area contributed by atoms with E-state index in [0.29, 0.717) is 23.1 Å². The molecule has 0 radical (unpaired) electrons. The van der Waals surface area contributed by atoms with E-state index >= 15 is 0 Å². The van der Waals surface area contributed by atoms with E-state index in [4.69, 9.17) is 4.74 Å². The van der Waals surface area contributed by atoms with E-state index < -0.39 is 26.5 Å². The summed E-state index contributed by atoms with van der Waals surface area (Å²) in [4.78, 5) is 10.6. The molecule has 2 aromatic carbocycles. The molecular weight excluding hydrogens is 443 g/mol. The highest BCUT2D eigenvalue weighted by atomic mass is 79.9. The molecule has 0 unspecified atom stereocenters. The first-order chi connectivity index (χ1) is 12.8. The normalized spacial score (nSPS) is 15.0. The van der Waals surface area contributed by atoms with Crippen molar-refractivity contribution in [1.29, 1.82) is 0 Å². The molecule has 144 valence electrons. The van der Waals surface area contributed by atoms with Crippen molar-refractivity contribution in [3.05, 3.63) is 62.4 Å². The first kappa shape index (κ1) is 19.7. The monoisotopic (exact) mass is 458 g/mol. The second kappa shape index (κ2) is 7.91. The van der Waals surface area contributed by atoms with Crippen molar-refractivity contribution >= 4 is 31.6 Å². The van der Waals surface area contributed by atoms with Crippen LogP contribution in [0, 0.1) is 15.9 Å². The Hall–Kier alpha value is -2.04. The average molecular weight is 459 g/mol. The SMILES string of the molecule is O=[N+]([O-])c1cc(S(=O)(=O)N2CCCC2)ccc1OCc1ccc(F)cc1Br. The molecule has 0 saturated carbocycles. The molecule has 1 saturated heterocycles. The molecular formula is C17H16BrFN2O5S. The molecule has 7 nitrogen and oxygen atoms in total. The lowest BCUT2D eigenvalue weighted by atomic mass is 10.2. The summed E-state index contributed by atoms with van der Waals surface area (Å²) in [5, 5.41) is 11.4. The molecule has 1 aliphatic rings.